The Bertz CT molecular complexity index is 418. The molecule has 1 aliphatic rings. The van der Waals surface area contributed by atoms with Crippen LogP contribution in [0.4, 0.5) is 5.69 Å². The van der Waals surface area contributed by atoms with Gasteiger partial charge >= 0.3 is 5.97 Å². The summed E-state index contributed by atoms with van der Waals surface area (Å²) < 4.78 is 5.07. The molecule has 1 aliphatic heterocycles. The van der Waals surface area contributed by atoms with Crippen molar-refractivity contribution in [2.45, 2.75) is 12.0 Å². The number of carboxylic acids is 1. The Morgan fingerprint density at radius 1 is 1.47 bits per heavy atom. The number of nitrogens with two attached hydrogens (primary N) is 1. The average Bonchev–Trinajstić information content (AvgIpc) is 2.74. The van der Waals surface area contributed by atoms with Crippen LogP contribution < -0.4 is 15.4 Å². The van der Waals surface area contributed by atoms with E-state index in [1.807, 2.05) is 29.2 Å². The van der Waals surface area contributed by atoms with Gasteiger partial charge in [-0.15, -0.1) is 0 Å². The highest BCUT2D eigenvalue weighted by atomic mass is 16.5. The summed E-state index contributed by atoms with van der Waals surface area (Å²) in [4.78, 5) is 13.0. The van der Waals surface area contributed by atoms with Gasteiger partial charge in [-0.2, -0.15) is 0 Å². The van der Waals surface area contributed by atoms with Crippen molar-refractivity contribution in [2.24, 2.45) is 5.73 Å². The van der Waals surface area contributed by atoms with Crippen LogP contribution in [0, 0.1) is 0 Å². The third-order valence-corrected chi connectivity index (χ3v) is 3.16. The van der Waals surface area contributed by atoms with E-state index in [2.05, 4.69) is 0 Å². The average molecular weight is 236 g/mol. The molecule has 1 atom stereocenters. The zero-order chi connectivity index (χ0) is 12.5. The lowest BCUT2D eigenvalue weighted by atomic mass is 10.0. The second-order valence-corrected chi connectivity index (χ2v) is 4.33. The van der Waals surface area contributed by atoms with Crippen molar-refractivity contribution < 1.29 is 14.6 Å². The van der Waals surface area contributed by atoms with E-state index in [0.717, 1.165) is 11.4 Å². The molecule has 2 rings (SSSR count). The van der Waals surface area contributed by atoms with Crippen LogP contribution >= 0.6 is 0 Å². The molecule has 0 saturated carbocycles. The van der Waals surface area contributed by atoms with Crippen LogP contribution in [0.3, 0.4) is 0 Å². The molecule has 1 aromatic carbocycles. The summed E-state index contributed by atoms with van der Waals surface area (Å²) in [5.74, 6) is -0.154. The van der Waals surface area contributed by atoms with Gasteiger partial charge in [0.15, 0.2) is 0 Å². The predicted molar refractivity (Wildman–Crippen MR) is 64.4 cm³/mol. The molecule has 0 aliphatic carbocycles. The summed E-state index contributed by atoms with van der Waals surface area (Å²) in [6.07, 6.45) is 0.467. The van der Waals surface area contributed by atoms with E-state index in [1.165, 1.54) is 0 Å². The minimum absolute atomic E-state index is 0.342. The number of carbonyl (C=O) groups is 1. The Hall–Kier alpha value is -1.75. The summed E-state index contributed by atoms with van der Waals surface area (Å²) in [6.45, 7) is 1.00. The van der Waals surface area contributed by atoms with E-state index in [9.17, 15) is 4.79 Å². The van der Waals surface area contributed by atoms with Crippen LogP contribution in [0.15, 0.2) is 24.3 Å². The topological polar surface area (TPSA) is 75.8 Å². The lowest BCUT2D eigenvalue weighted by molar-refractivity contribution is -0.142. The van der Waals surface area contributed by atoms with Gasteiger partial charge in [-0.05, 0) is 30.7 Å². The molecule has 0 amide bonds. The van der Waals surface area contributed by atoms with E-state index in [-0.39, 0.29) is 0 Å². The SMILES string of the molecule is COc1ccc(N2CCC(N)(C(=O)O)C2)cc1. The molecule has 0 spiro atoms. The van der Waals surface area contributed by atoms with E-state index >= 15 is 0 Å². The Morgan fingerprint density at radius 3 is 2.59 bits per heavy atom. The second-order valence-electron chi connectivity index (χ2n) is 4.33. The number of anilines is 1. The van der Waals surface area contributed by atoms with Crippen LogP contribution in [0.5, 0.6) is 5.75 Å². The van der Waals surface area contributed by atoms with E-state index < -0.39 is 11.5 Å². The number of rotatable bonds is 3. The van der Waals surface area contributed by atoms with Gasteiger partial charge in [0.2, 0.25) is 0 Å². The lowest BCUT2D eigenvalue weighted by Crippen LogP contribution is -2.50. The summed E-state index contributed by atoms with van der Waals surface area (Å²) in [5, 5.41) is 9.05. The first-order valence-corrected chi connectivity index (χ1v) is 5.46. The van der Waals surface area contributed by atoms with Gasteiger partial charge in [0.05, 0.1) is 7.11 Å². The largest absolute Gasteiger partial charge is 0.497 e. The molecule has 0 radical (unpaired) electrons. The van der Waals surface area contributed by atoms with Gasteiger partial charge in [-0.25, -0.2) is 0 Å². The van der Waals surface area contributed by atoms with E-state index in [1.54, 1.807) is 7.11 Å². The van der Waals surface area contributed by atoms with Gasteiger partial charge in [0.1, 0.15) is 11.3 Å². The minimum atomic E-state index is -1.13. The highest BCUT2D eigenvalue weighted by molar-refractivity contribution is 5.80. The monoisotopic (exact) mass is 236 g/mol. The first-order valence-electron chi connectivity index (χ1n) is 5.46. The van der Waals surface area contributed by atoms with Gasteiger partial charge in [-0.3, -0.25) is 4.79 Å². The fraction of sp³-hybridized carbons (Fsp3) is 0.417. The molecule has 5 heteroatoms. The Morgan fingerprint density at radius 2 is 2.12 bits per heavy atom. The van der Waals surface area contributed by atoms with Crippen LogP contribution in [0.25, 0.3) is 0 Å². The summed E-state index contributed by atoms with van der Waals surface area (Å²) in [6, 6.07) is 7.53. The summed E-state index contributed by atoms with van der Waals surface area (Å²) >= 11 is 0. The lowest BCUT2D eigenvalue weighted by Gasteiger charge is -2.21. The molecule has 1 unspecified atom stereocenters. The van der Waals surface area contributed by atoms with Gasteiger partial charge in [0.25, 0.3) is 0 Å². The van der Waals surface area contributed by atoms with Gasteiger partial charge < -0.3 is 20.5 Å². The maximum atomic E-state index is 11.0. The third kappa shape index (κ3) is 2.19. The highest BCUT2D eigenvalue weighted by Crippen LogP contribution is 2.26. The maximum Gasteiger partial charge on any atom is 0.325 e. The van der Waals surface area contributed by atoms with Gasteiger partial charge in [-0.1, -0.05) is 0 Å². The van der Waals surface area contributed by atoms with Crippen molar-refractivity contribution in [3.05, 3.63) is 24.3 Å². The standard InChI is InChI=1S/C12H16N2O3/c1-17-10-4-2-9(3-5-10)14-7-6-12(13,8-14)11(15)16/h2-5H,6-8,13H2,1H3,(H,15,16). The zero-order valence-electron chi connectivity index (χ0n) is 9.72. The van der Waals surface area contributed by atoms with Crippen molar-refractivity contribution in [2.75, 3.05) is 25.1 Å². The minimum Gasteiger partial charge on any atom is -0.497 e. The predicted octanol–water partition coefficient (Wildman–Crippen LogP) is 0.687. The maximum absolute atomic E-state index is 11.0. The number of nitrogens with zero attached hydrogens (tertiary/aromatic N) is 1. The van der Waals surface area contributed by atoms with Crippen molar-refractivity contribution in [3.63, 3.8) is 0 Å². The molecule has 0 aromatic heterocycles. The first-order chi connectivity index (χ1) is 8.05. The molecule has 1 saturated heterocycles. The second kappa shape index (κ2) is 4.25. The fourth-order valence-electron chi connectivity index (χ4n) is 2.02. The van der Waals surface area contributed by atoms with E-state index in [4.69, 9.17) is 15.6 Å². The highest BCUT2D eigenvalue weighted by Gasteiger charge is 2.41. The molecule has 17 heavy (non-hydrogen) atoms. The Labute approximate surface area is 99.8 Å². The van der Waals surface area contributed by atoms with Crippen molar-refractivity contribution in [1.82, 2.24) is 0 Å². The molecular formula is C12H16N2O3. The van der Waals surface area contributed by atoms with Crippen LogP contribution in [0.1, 0.15) is 6.42 Å². The Balaban J connectivity index is 2.12. The number of aliphatic carboxylic acids is 1. The van der Waals surface area contributed by atoms with Crippen molar-refractivity contribution in [1.29, 1.82) is 0 Å². The first kappa shape index (κ1) is 11.7. The third-order valence-electron chi connectivity index (χ3n) is 3.16. The number of hydrogen-bond donors (Lipinski definition) is 2. The van der Waals surface area contributed by atoms with Crippen molar-refractivity contribution in [3.8, 4) is 5.75 Å². The number of carboxylic acid groups (broad SMARTS) is 1. The summed E-state index contributed by atoms with van der Waals surface area (Å²) in [5.41, 5.74) is 5.67. The normalized spacial score (nSPS) is 23.8. The van der Waals surface area contributed by atoms with E-state index in [0.29, 0.717) is 19.5 Å². The smallest absolute Gasteiger partial charge is 0.325 e. The number of hydrogen-bond acceptors (Lipinski definition) is 4. The number of methoxy groups -OCH3 is 1. The molecule has 1 heterocycles. The molecular weight excluding hydrogens is 220 g/mol. The number of benzene rings is 1. The molecule has 92 valence electrons. The van der Waals surface area contributed by atoms with Gasteiger partial charge in [0, 0.05) is 18.8 Å². The summed E-state index contributed by atoms with van der Waals surface area (Å²) in [7, 11) is 1.61. The number of ether oxygens (including phenoxy) is 1. The molecule has 1 aromatic rings. The fourth-order valence-corrected chi connectivity index (χ4v) is 2.02. The van der Waals surface area contributed by atoms with Crippen LogP contribution in [-0.2, 0) is 4.79 Å². The molecule has 3 N–H and O–H groups in total. The van der Waals surface area contributed by atoms with Crippen LogP contribution in [-0.4, -0.2) is 36.8 Å². The van der Waals surface area contributed by atoms with Crippen molar-refractivity contribution >= 4 is 11.7 Å². The molecule has 5 nitrogen and oxygen atoms in total. The Kier molecular flexibility index (Phi) is 2.93. The zero-order valence-corrected chi connectivity index (χ0v) is 9.72. The molecule has 1 fully saturated rings. The quantitative estimate of drug-likeness (QED) is 0.807. The van der Waals surface area contributed by atoms with Crippen LogP contribution in [0.2, 0.25) is 0 Å². The molecule has 0 bridgehead atoms.